The SMILES string of the molecule is C=CCOc1c(Cl)cc(C2C(C#N)=C(N)Oc3cc4c(cc32)OCO4)cc1OC. The highest BCUT2D eigenvalue weighted by atomic mass is 35.5. The van der Waals surface area contributed by atoms with Gasteiger partial charge in [-0.25, -0.2) is 0 Å². The van der Waals surface area contributed by atoms with Crippen LogP contribution in [0.25, 0.3) is 0 Å². The second kappa shape index (κ2) is 7.49. The van der Waals surface area contributed by atoms with Gasteiger partial charge in [-0.05, 0) is 23.8 Å². The lowest BCUT2D eigenvalue weighted by Crippen LogP contribution is -2.21. The minimum Gasteiger partial charge on any atom is -0.493 e. The van der Waals surface area contributed by atoms with Crippen LogP contribution in [0.2, 0.25) is 5.02 Å². The molecule has 0 saturated heterocycles. The minimum atomic E-state index is -0.530. The van der Waals surface area contributed by atoms with Crippen molar-refractivity contribution in [2.45, 2.75) is 5.92 Å². The Morgan fingerprint density at radius 3 is 2.72 bits per heavy atom. The van der Waals surface area contributed by atoms with Gasteiger partial charge in [0, 0.05) is 11.6 Å². The van der Waals surface area contributed by atoms with Crippen molar-refractivity contribution in [2.24, 2.45) is 5.73 Å². The number of fused-ring (bicyclic) bond motifs is 2. The Balaban J connectivity index is 1.88. The fourth-order valence-corrected chi connectivity index (χ4v) is 3.65. The summed E-state index contributed by atoms with van der Waals surface area (Å²) < 4.78 is 27.7. The van der Waals surface area contributed by atoms with Crippen molar-refractivity contribution in [1.82, 2.24) is 0 Å². The van der Waals surface area contributed by atoms with Gasteiger partial charge >= 0.3 is 0 Å². The molecule has 0 radical (unpaired) electrons. The first-order chi connectivity index (χ1) is 14.1. The quantitative estimate of drug-likeness (QED) is 0.745. The standard InChI is InChI=1S/C21H17ClN2O5/c1-3-4-26-20-14(22)5-11(6-18(20)25-2)19-12-7-16-17(28-10-27-16)8-15(12)29-21(24)13(19)9-23/h3,5-8,19H,1,4,10,24H2,2H3. The molecule has 148 valence electrons. The summed E-state index contributed by atoms with van der Waals surface area (Å²) in [5.74, 6) is 1.92. The van der Waals surface area contributed by atoms with Crippen LogP contribution in [0.15, 0.2) is 48.4 Å². The van der Waals surface area contributed by atoms with Gasteiger partial charge in [-0.15, -0.1) is 0 Å². The number of halogens is 1. The van der Waals surface area contributed by atoms with E-state index in [-0.39, 0.29) is 24.9 Å². The molecule has 29 heavy (non-hydrogen) atoms. The fraction of sp³-hybridized carbons (Fsp3) is 0.190. The molecule has 1 unspecified atom stereocenters. The van der Waals surface area contributed by atoms with Gasteiger partial charge in [0.05, 0.1) is 18.1 Å². The second-order valence-electron chi connectivity index (χ2n) is 6.30. The van der Waals surface area contributed by atoms with E-state index in [1.807, 2.05) is 0 Å². The van der Waals surface area contributed by atoms with Crippen LogP contribution in [0, 0.1) is 11.3 Å². The first-order valence-electron chi connectivity index (χ1n) is 8.69. The van der Waals surface area contributed by atoms with Crippen LogP contribution in [0.4, 0.5) is 0 Å². The number of benzene rings is 2. The summed E-state index contributed by atoms with van der Waals surface area (Å²) >= 11 is 6.47. The molecule has 2 aliphatic rings. The number of nitrogens with two attached hydrogens (primary N) is 1. The fourth-order valence-electron chi connectivity index (χ4n) is 3.38. The third-order valence-electron chi connectivity index (χ3n) is 4.64. The number of ether oxygens (including phenoxy) is 5. The largest absolute Gasteiger partial charge is 0.493 e. The molecule has 0 aromatic heterocycles. The van der Waals surface area contributed by atoms with Crippen molar-refractivity contribution < 1.29 is 23.7 Å². The molecule has 0 bridgehead atoms. The molecule has 0 fully saturated rings. The van der Waals surface area contributed by atoms with Crippen LogP contribution in [0.5, 0.6) is 28.7 Å². The third-order valence-corrected chi connectivity index (χ3v) is 4.92. The van der Waals surface area contributed by atoms with Gasteiger partial charge in [0.15, 0.2) is 23.0 Å². The lowest BCUT2D eigenvalue weighted by molar-refractivity contribution is 0.174. The number of hydrogen-bond donors (Lipinski definition) is 1. The van der Waals surface area contributed by atoms with Crippen LogP contribution in [-0.2, 0) is 0 Å². The second-order valence-corrected chi connectivity index (χ2v) is 6.71. The van der Waals surface area contributed by atoms with Gasteiger partial charge in [0.2, 0.25) is 12.7 Å². The summed E-state index contributed by atoms with van der Waals surface area (Å²) in [7, 11) is 1.52. The molecule has 0 amide bonds. The zero-order chi connectivity index (χ0) is 20.5. The van der Waals surface area contributed by atoms with Crippen LogP contribution in [0.3, 0.4) is 0 Å². The highest BCUT2D eigenvalue weighted by Crippen LogP contribution is 2.49. The maximum Gasteiger partial charge on any atom is 0.231 e. The molecule has 2 aromatic carbocycles. The van der Waals surface area contributed by atoms with Crippen molar-refractivity contribution >= 4 is 11.6 Å². The van der Waals surface area contributed by atoms with E-state index in [1.165, 1.54) is 7.11 Å². The smallest absolute Gasteiger partial charge is 0.231 e. The Bertz CT molecular complexity index is 1070. The molecule has 7 nitrogen and oxygen atoms in total. The maximum atomic E-state index is 9.75. The predicted octanol–water partition coefficient (Wildman–Crippen LogP) is 3.86. The normalized spacial score (nSPS) is 16.5. The van der Waals surface area contributed by atoms with Crippen LogP contribution in [0.1, 0.15) is 17.0 Å². The van der Waals surface area contributed by atoms with E-state index in [0.29, 0.717) is 44.9 Å². The molecule has 4 rings (SSSR count). The van der Waals surface area contributed by atoms with Crippen molar-refractivity contribution in [3.63, 3.8) is 0 Å². The van der Waals surface area contributed by atoms with Crippen LogP contribution in [-0.4, -0.2) is 20.5 Å². The third kappa shape index (κ3) is 3.18. The van der Waals surface area contributed by atoms with Crippen LogP contribution >= 0.6 is 11.6 Å². The Kier molecular flexibility index (Phi) is 4.87. The summed E-state index contributed by atoms with van der Waals surface area (Å²) in [6.07, 6.45) is 1.61. The summed E-state index contributed by atoms with van der Waals surface area (Å²) in [4.78, 5) is 0. The van der Waals surface area contributed by atoms with Crippen molar-refractivity contribution in [1.29, 1.82) is 5.26 Å². The molecule has 1 atom stereocenters. The highest BCUT2D eigenvalue weighted by Gasteiger charge is 2.34. The molecule has 2 aliphatic heterocycles. The van der Waals surface area contributed by atoms with E-state index in [1.54, 1.807) is 30.3 Å². The molecular weight excluding hydrogens is 396 g/mol. The molecule has 2 N–H and O–H groups in total. The number of allylic oxidation sites excluding steroid dienone is 1. The molecule has 2 heterocycles. The minimum absolute atomic E-state index is 0.0194. The first-order valence-corrected chi connectivity index (χ1v) is 9.07. The van der Waals surface area contributed by atoms with Crippen molar-refractivity contribution in [3.05, 3.63) is 64.5 Å². The summed E-state index contributed by atoms with van der Waals surface area (Å²) in [6, 6.07) is 9.12. The summed E-state index contributed by atoms with van der Waals surface area (Å²) in [5.41, 5.74) is 7.70. The highest BCUT2D eigenvalue weighted by molar-refractivity contribution is 6.32. The maximum absolute atomic E-state index is 9.75. The topological polar surface area (TPSA) is 96.0 Å². The number of nitrogens with zero attached hydrogens (tertiary/aromatic N) is 1. The van der Waals surface area contributed by atoms with Gasteiger partial charge in [-0.1, -0.05) is 24.3 Å². The van der Waals surface area contributed by atoms with E-state index in [4.69, 9.17) is 41.0 Å². The van der Waals surface area contributed by atoms with Crippen LogP contribution < -0.4 is 29.4 Å². The van der Waals surface area contributed by atoms with Gasteiger partial charge in [0.25, 0.3) is 0 Å². The van der Waals surface area contributed by atoms with Gasteiger partial charge < -0.3 is 29.4 Å². The van der Waals surface area contributed by atoms with E-state index >= 15 is 0 Å². The Morgan fingerprint density at radius 1 is 1.28 bits per heavy atom. The van der Waals surface area contributed by atoms with E-state index in [0.717, 1.165) is 0 Å². The molecular formula is C21H17ClN2O5. The molecule has 0 saturated carbocycles. The number of rotatable bonds is 5. The summed E-state index contributed by atoms with van der Waals surface area (Å²) in [6.45, 7) is 4.02. The predicted molar refractivity (Wildman–Crippen MR) is 106 cm³/mol. The summed E-state index contributed by atoms with van der Waals surface area (Å²) in [5, 5.41) is 10.1. The number of nitriles is 1. The average Bonchev–Trinajstić information content (AvgIpc) is 3.17. The zero-order valence-electron chi connectivity index (χ0n) is 15.5. The van der Waals surface area contributed by atoms with Gasteiger partial charge in [-0.3, -0.25) is 0 Å². The Labute approximate surface area is 172 Å². The van der Waals surface area contributed by atoms with Crippen molar-refractivity contribution in [2.75, 3.05) is 20.5 Å². The van der Waals surface area contributed by atoms with Gasteiger partial charge in [0.1, 0.15) is 24.0 Å². The number of methoxy groups -OCH3 is 1. The molecule has 0 aliphatic carbocycles. The lowest BCUT2D eigenvalue weighted by Gasteiger charge is -2.27. The monoisotopic (exact) mass is 412 g/mol. The zero-order valence-corrected chi connectivity index (χ0v) is 16.3. The Hall–Kier alpha value is -3.50. The van der Waals surface area contributed by atoms with E-state index in [2.05, 4.69) is 12.6 Å². The van der Waals surface area contributed by atoms with E-state index < -0.39 is 5.92 Å². The van der Waals surface area contributed by atoms with Crippen molar-refractivity contribution in [3.8, 4) is 34.8 Å². The molecule has 0 spiro atoms. The number of hydrogen-bond acceptors (Lipinski definition) is 7. The average molecular weight is 413 g/mol. The van der Waals surface area contributed by atoms with Gasteiger partial charge in [-0.2, -0.15) is 5.26 Å². The molecule has 2 aromatic rings. The Morgan fingerprint density at radius 2 is 2.03 bits per heavy atom. The lowest BCUT2D eigenvalue weighted by atomic mass is 9.83. The van der Waals surface area contributed by atoms with E-state index in [9.17, 15) is 5.26 Å². The molecule has 8 heteroatoms. The first kappa shape index (κ1) is 18.8.